The van der Waals surface area contributed by atoms with Gasteiger partial charge in [-0.05, 0) is 57.5 Å². The van der Waals surface area contributed by atoms with E-state index in [4.69, 9.17) is 4.52 Å². The van der Waals surface area contributed by atoms with Crippen molar-refractivity contribution in [3.05, 3.63) is 58.9 Å². The highest BCUT2D eigenvalue weighted by atomic mass is 19.1. The molecule has 1 fully saturated rings. The first kappa shape index (κ1) is 16.0. The first-order valence-electron chi connectivity index (χ1n) is 8.58. The van der Waals surface area contributed by atoms with E-state index in [1.807, 2.05) is 20.0 Å². The quantitative estimate of drug-likeness (QED) is 0.775. The molecule has 0 bridgehead atoms. The second-order valence-corrected chi connectivity index (χ2v) is 6.64. The number of aromatic amines is 1. The monoisotopic (exact) mass is 340 g/mol. The van der Waals surface area contributed by atoms with Gasteiger partial charge in [0.05, 0.1) is 17.6 Å². The van der Waals surface area contributed by atoms with E-state index in [9.17, 15) is 4.39 Å². The van der Waals surface area contributed by atoms with Gasteiger partial charge in [-0.2, -0.15) is 5.10 Å². The fourth-order valence-electron chi connectivity index (χ4n) is 3.82. The fourth-order valence-corrected chi connectivity index (χ4v) is 3.82. The summed E-state index contributed by atoms with van der Waals surface area (Å²) in [5.41, 5.74) is 5.20. The lowest BCUT2D eigenvalue weighted by Crippen LogP contribution is -2.23. The number of likely N-dealkylation sites (tertiary alicyclic amines) is 1. The van der Waals surface area contributed by atoms with E-state index in [0.717, 1.165) is 54.2 Å². The normalized spacial score (nSPS) is 18.1. The van der Waals surface area contributed by atoms with Crippen molar-refractivity contribution in [3.8, 4) is 11.3 Å². The van der Waals surface area contributed by atoms with E-state index < -0.39 is 0 Å². The minimum absolute atomic E-state index is 0.233. The van der Waals surface area contributed by atoms with Gasteiger partial charge in [-0.1, -0.05) is 5.16 Å². The zero-order valence-electron chi connectivity index (χ0n) is 14.4. The molecule has 25 heavy (non-hydrogen) atoms. The van der Waals surface area contributed by atoms with Crippen molar-refractivity contribution in [3.63, 3.8) is 0 Å². The molecule has 2 aromatic heterocycles. The fraction of sp³-hybridized carbons (Fsp3) is 0.368. The Morgan fingerprint density at radius 2 is 2.08 bits per heavy atom. The molecule has 0 saturated carbocycles. The summed E-state index contributed by atoms with van der Waals surface area (Å²) in [4.78, 5) is 2.45. The number of rotatable bonds is 4. The molecular weight excluding hydrogens is 319 g/mol. The molecule has 0 amide bonds. The van der Waals surface area contributed by atoms with Crippen LogP contribution in [0, 0.1) is 19.7 Å². The van der Waals surface area contributed by atoms with E-state index in [-0.39, 0.29) is 5.82 Å². The maximum atomic E-state index is 13.2. The number of hydrogen-bond donors (Lipinski definition) is 1. The Hall–Kier alpha value is -2.47. The average Bonchev–Trinajstić information content (AvgIpc) is 3.31. The molecule has 3 aromatic rings. The number of nitrogens with zero attached hydrogens (tertiary/aromatic N) is 3. The predicted molar refractivity (Wildman–Crippen MR) is 92.3 cm³/mol. The smallest absolute Gasteiger partial charge is 0.138 e. The Morgan fingerprint density at radius 3 is 2.80 bits per heavy atom. The molecule has 1 unspecified atom stereocenters. The molecule has 1 aliphatic heterocycles. The number of nitrogens with one attached hydrogen (secondary N) is 1. The van der Waals surface area contributed by atoms with Crippen molar-refractivity contribution in [1.82, 2.24) is 20.3 Å². The van der Waals surface area contributed by atoms with Gasteiger partial charge in [0.2, 0.25) is 0 Å². The summed E-state index contributed by atoms with van der Waals surface area (Å²) in [5, 5.41) is 11.4. The van der Waals surface area contributed by atoms with Gasteiger partial charge in [0, 0.05) is 29.3 Å². The van der Waals surface area contributed by atoms with Crippen LogP contribution in [0.15, 0.2) is 35.0 Å². The van der Waals surface area contributed by atoms with Crippen molar-refractivity contribution in [1.29, 1.82) is 0 Å². The van der Waals surface area contributed by atoms with Gasteiger partial charge >= 0.3 is 0 Å². The summed E-state index contributed by atoms with van der Waals surface area (Å²) in [5.74, 6) is 0.670. The number of benzene rings is 1. The molecule has 3 heterocycles. The standard InChI is InChI=1S/C19H21FN4O/c1-12-18(13(2)25-23-12)17-4-3-9-24(17)11-15-10-21-22-19(15)14-5-7-16(20)8-6-14/h5-8,10,17H,3-4,9,11H2,1-2H3,(H,21,22). The summed E-state index contributed by atoms with van der Waals surface area (Å²) in [6.45, 7) is 5.80. The van der Waals surface area contributed by atoms with Gasteiger partial charge in [0.15, 0.2) is 0 Å². The lowest BCUT2D eigenvalue weighted by atomic mass is 10.0. The molecule has 6 heteroatoms. The van der Waals surface area contributed by atoms with Gasteiger partial charge < -0.3 is 4.52 Å². The maximum absolute atomic E-state index is 13.2. The van der Waals surface area contributed by atoms with Crippen LogP contribution in [0.1, 0.15) is 41.5 Å². The molecule has 5 nitrogen and oxygen atoms in total. The molecule has 130 valence electrons. The van der Waals surface area contributed by atoms with Gasteiger partial charge in [0.25, 0.3) is 0 Å². The zero-order valence-corrected chi connectivity index (χ0v) is 14.4. The lowest BCUT2D eigenvalue weighted by molar-refractivity contribution is 0.246. The molecule has 0 aliphatic carbocycles. The Bertz CT molecular complexity index is 848. The summed E-state index contributed by atoms with van der Waals surface area (Å²) in [7, 11) is 0. The third-order valence-electron chi connectivity index (χ3n) is 5.01. The number of hydrogen-bond acceptors (Lipinski definition) is 4. The largest absolute Gasteiger partial charge is 0.361 e. The number of halogens is 1. The van der Waals surface area contributed by atoms with Crippen molar-refractivity contribution >= 4 is 0 Å². The van der Waals surface area contributed by atoms with Crippen LogP contribution in [-0.4, -0.2) is 26.8 Å². The Morgan fingerprint density at radius 1 is 1.28 bits per heavy atom. The topological polar surface area (TPSA) is 58.0 Å². The maximum Gasteiger partial charge on any atom is 0.138 e. The van der Waals surface area contributed by atoms with Gasteiger partial charge in [0.1, 0.15) is 11.6 Å². The summed E-state index contributed by atoms with van der Waals surface area (Å²) in [6, 6.07) is 6.83. The van der Waals surface area contributed by atoms with E-state index in [1.165, 1.54) is 17.7 Å². The second-order valence-electron chi connectivity index (χ2n) is 6.64. The van der Waals surface area contributed by atoms with Gasteiger partial charge in [-0.25, -0.2) is 4.39 Å². The predicted octanol–water partition coefficient (Wildman–Crippen LogP) is 4.16. The van der Waals surface area contributed by atoms with Crippen LogP contribution in [-0.2, 0) is 6.54 Å². The Labute approximate surface area is 145 Å². The van der Waals surface area contributed by atoms with E-state index in [0.29, 0.717) is 6.04 Å². The first-order valence-corrected chi connectivity index (χ1v) is 8.58. The van der Waals surface area contributed by atoms with Crippen LogP contribution < -0.4 is 0 Å². The van der Waals surface area contributed by atoms with E-state index >= 15 is 0 Å². The van der Waals surface area contributed by atoms with Crippen molar-refractivity contribution in [2.45, 2.75) is 39.3 Å². The van der Waals surface area contributed by atoms with Crippen LogP contribution in [0.3, 0.4) is 0 Å². The van der Waals surface area contributed by atoms with Crippen molar-refractivity contribution < 1.29 is 8.91 Å². The minimum atomic E-state index is -0.233. The lowest BCUT2D eigenvalue weighted by Gasteiger charge is -2.24. The van der Waals surface area contributed by atoms with Crippen LogP contribution in [0.5, 0.6) is 0 Å². The first-order chi connectivity index (χ1) is 12.1. The SMILES string of the molecule is Cc1noc(C)c1C1CCCN1Cc1cn[nH]c1-c1ccc(F)cc1. The summed E-state index contributed by atoms with van der Waals surface area (Å²) in [6.07, 6.45) is 4.12. The summed E-state index contributed by atoms with van der Waals surface area (Å²) < 4.78 is 18.6. The molecular formula is C19H21FN4O. The number of aryl methyl sites for hydroxylation is 2. The molecule has 1 atom stereocenters. The average molecular weight is 340 g/mol. The van der Waals surface area contributed by atoms with Crippen molar-refractivity contribution in [2.24, 2.45) is 0 Å². The van der Waals surface area contributed by atoms with Gasteiger partial charge in [-0.3, -0.25) is 10.00 Å². The summed E-state index contributed by atoms with van der Waals surface area (Å²) >= 11 is 0. The molecule has 0 spiro atoms. The number of H-pyrrole nitrogens is 1. The zero-order chi connectivity index (χ0) is 17.4. The molecule has 0 radical (unpaired) electrons. The highest BCUT2D eigenvalue weighted by Gasteiger charge is 2.31. The van der Waals surface area contributed by atoms with E-state index in [2.05, 4.69) is 20.3 Å². The van der Waals surface area contributed by atoms with Crippen molar-refractivity contribution in [2.75, 3.05) is 6.54 Å². The minimum Gasteiger partial charge on any atom is -0.361 e. The van der Waals surface area contributed by atoms with E-state index in [1.54, 1.807) is 12.1 Å². The third kappa shape index (κ3) is 2.98. The molecule has 1 N–H and O–H groups in total. The van der Waals surface area contributed by atoms with Crippen LogP contribution in [0.2, 0.25) is 0 Å². The molecule has 1 aromatic carbocycles. The highest BCUT2D eigenvalue weighted by molar-refractivity contribution is 5.62. The second kappa shape index (κ2) is 6.44. The molecule has 1 saturated heterocycles. The Kier molecular flexibility index (Phi) is 4.13. The van der Waals surface area contributed by atoms with Crippen LogP contribution in [0.4, 0.5) is 4.39 Å². The highest BCUT2D eigenvalue weighted by Crippen LogP contribution is 2.37. The molecule has 4 rings (SSSR count). The number of aromatic nitrogens is 3. The third-order valence-corrected chi connectivity index (χ3v) is 5.01. The van der Waals surface area contributed by atoms with Crippen LogP contribution in [0.25, 0.3) is 11.3 Å². The van der Waals surface area contributed by atoms with Gasteiger partial charge in [-0.15, -0.1) is 0 Å². The van der Waals surface area contributed by atoms with Crippen LogP contribution >= 0.6 is 0 Å². The molecule has 1 aliphatic rings. The Balaban J connectivity index is 1.60.